The maximum Gasteiger partial charge on any atom is 0.268 e. The summed E-state index contributed by atoms with van der Waals surface area (Å²) >= 11 is 0. The van der Waals surface area contributed by atoms with Crippen molar-refractivity contribution in [2.75, 3.05) is 29.9 Å². The van der Waals surface area contributed by atoms with Gasteiger partial charge in [-0.2, -0.15) is 0 Å². The fourth-order valence-electron chi connectivity index (χ4n) is 5.71. The SMILES string of the molecule is CCOC1(C(=O)N(c2ccccc2)C2CCN(C3CCCC3)C2)C=CNc2ccccc21. The number of rotatable bonds is 6. The van der Waals surface area contributed by atoms with Gasteiger partial charge in [-0.3, -0.25) is 9.69 Å². The predicted molar refractivity (Wildman–Crippen MR) is 129 cm³/mol. The van der Waals surface area contributed by atoms with Crippen LogP contribution in [0.1, 0.15) is 44.6 Å². The third-order valence-corrected chi connectivity index (χ3v) is 7.23. The molecule has 1 aliphatic carbocycles. The van der Waals surface area contributed by atoms with Crippen molar-refractivity contribution < 1.29 is 9.53 Å². The molecule has 2 fully saturated rings. The first kappa shape index (κ1) is 21.2. The Kier molecular flexibility index (Phi) is 6.03. The number of carbonyl (C=O) groups is 1. The van der Waals surface area contributed by atoms with Crippen LogP contribution in [0.15, 0.2) is 66.9 Å². The van der Waals surface area contributed by atoms with E-state index < -0.39 is 5.60 Å². The summed E-state index contributed by atoms with van der Waals surface area (Å²) in [7, 11) is 0. The molecular formula is C27H33N3O2. The van der Waals surface area contributed by atoms with E-state index in [1.165, 1.54) is 25.7 Å². The Morgan fingerprint density at radius 3 is 2.62 bits per heavy atom. The number of benzene rings is 2. The zero-order valence-corrected chi connectivity index (χ0v) is 18.9. The van der Waals surface area contributed by atoms with Gasteiger partial charge in [0.15, 0.2) is 5.60 Å². The molecule has 1 N–H and O–H groups in total. The second-order valence-corrected chi connectivity index (χ2v) is 9.08. The van der Waals surface area contributed by atoms with Crippen molar-refractivity contribution in [3.05, 3.63) is 72.4 Å². The third kappa shape index (κ3) is 3.74. The third-order valence-electron chi connectivity index (χ3n) is 7.23. The molecule has 32 heavy (non-hydrogen) atoms. The van der Waals surface area contributed by atoms with Gasteiger partial charge >= 0.3 is 0 Å². The van der Waals surface area contributed by atoms with Gasteiger partial charge in [0.2, 0.25) is 0 Å². The summed E-state index contributed by atoms with van der Waals surface area (Å²) in [5.74, 6) is -0.00554. The van der Waals surface area contributed by atoms with E-state index in [9.17, 15) is 4.79 Å². The number of nitrogens with zero attached hydrogens (tertiary/aromatic N) is 2. The van der Waals surface area contributed by atoms with Crippen molar-refractivity contribution in [1.82, 2.24) is 4.90 Å². The molecule has 2 aliphatic heterocycles. The van der Waals surface area contributed by atoms with Crippen LogP contribution in [0.4, 0.5) is 11.4 Å². The molecular weight excluding hydrogens is 398 g/mol. The molecule has 2 aromatic carbocycles. The molecule has 168 valence electrons. The lowest BCUT2D eigenvalue weighted by Gasteiger charge is -2.40. The van der Waals surface area contributed by atoms with Gasteiger partial charge in [0.25, 0.3) is 5.91 Å². The maximum absolute atomic E-state index is 14.5. The number of ether oxygens (including phenoxy) is 1. The molecule has 5 nitrogen and oxygen atoms in total. The molecule has 0 spiro atoms. The summed E-state index contributed by atoms with van der Waals surface area (Å²) in [5.41, 5.74) is 1.61. The van der Waals surface area contributed by atoms with Gasteiger partial charge in [-0.25, -0.2) is 0 Å². The van der Waals surface area contributed by atoms with E-state index in [2.05, 4.69) is 10.2 Å². The van der Waals surface area contributed by atoms with Crippen molar-refractivity contribution in [2.24, 2.45) is 0 Å². The fourth-order valence-corrected chi connectivity index (χ4v) is 5.71. The van der Waals surface area contributed by atoms with Gasteiger partial charge in [-0.1, -0.05) is 49.2 Å². The van der Waals surface area contributed by atoms with Crippen LogP contribution in [0.2, 0.25) is 0 Å². The molecule has 1 saturated carbocycles. The zero-order valence-electron chi connectivity index (χ0n) is 18.9. The first-order valence-electron chi connectivity index (χ1n) is 12.0. The van der Waals surface area contributed by atoms with Crippen molar-refractivity contribution in [2.45, 2.75) is 56.7 Å². The lowest BCUT2D eigenvalue weighted by Crippen LogP contribution is -2.53. The maximum atomic E-state index is 14.5. The van der Waals surface area contributed by atoms with Gasteiger partial charge in [0.1, 0.15) is 0 Å². The number of nitrogens with one attached hydrogen (secondary N) is 1. The Bertz CT molecular complexity index is 970. The summed E-state index contributed by atoms with van der Waals surface area (Å²) in [6.45, 7) is 4.39. The Balaban J connectivity index is 1.53. The second kappa shape index (κ2) is 9.08. The molecule has 5 rings (SSSR count). The van der Waals surface area contributed by atoms with Gasteiger partial charge < -0.3 is 15.0 Å². The number of fused-ring (bicyclic) bond motifs is 1. The smallest absolute Gasteiger partial charge is 0.268 e. The first-order chi connectivity index (χ1) is 15.7. The van der Waals surface area contributed by atoms with E-state index in [1.54, 1.807) is 0 Å². The number of likely N-dealkylation sites (tertiary alicyclic amines) is 1. The molecule has 5 heteroatoms. The van der Waals surface area contributed by atoms with Crippen molar-refractivity contribution in [1.29, 1.82) is 0 Å². The summed E-state index contributed by atoms with van der Waals surface area (Å²) in [5, 5.41) is 3.28. The number of hydrogen-bond acceptors (Lipinski definition) is 4. The predicted octanol–water partition coefficient (Wildman–Crippen LogP) is 4.91. The quantitative estimate of drug-likeness (QED) is 0.706. The first-order valence-corrected chi connectivity index (χ1v) is 12.0. The highest BCUT2D eigenvalue weighted by Crippen LogP contribution is 2.40. The van der Waals surface area contributed by atoms with E-state index in [1.807, 2.05) is 78.7 Å². The molecule has 3 aliphatic rings. The van der Waals surface area contributed by atoms with Crippen molar-refractivity contribution in [3.63, 3.8) is 0 Å². The normalized spacial score (nSPS) is 25.5. The van der Waals surface area contributed by atoms with Crippen LogP contribution in [0, 0.1) is 0 Å². The van der Waals surface area contributed by atoms with E-state index in [4.69, 9.17) is 4.74 Å². The summed E-state index contributed by atoms with van der Waals surface area (Å²) in [6, 6.07) is 18.9. The molecule has 2 heterocycles. The van der Waals surface area contributed by atoms with Crippen LogP contribution in [-0.2, 0) is 15.1 Å². The molecule has 1 amide bonds. The summed E-state index contributed by atoms with van der Waals surface area (Å²) in [4.78, 5) is 19.1. The minimum absolute atomic E-state index is 0.00554. The van der Waals surface area contributed by atoms with Crippen LogP contribution in [0.5, 0.6) is 0 Å². The molecule has 2 unspecified atom stereocenters. The van der Waals surface area contributed by atoms with E-state index in [0.29, 0.717) is 12.6 Å². The molecule has 0 bridgehead atoms. The van der Waals surface area contributed by atoms with Crippen molar-refractivity contribution >= 4 is 17.3 Å². The second-order valence-electron chi connectivity index (χ2n) is 9.08. The fraction of sp³-hybridized carbons (Fsp3) is 0.444. The van der Waals surface area contributed by atoms with Crippen LogP contribution in [0.3, 0.4) is 0 Å². The van der Waals surface area contributed by atoms with Gasteiger partial charge in [0.05, 0.1) is 6.04 Å². The molecule has 2 atom stereocenters. The largest absolute Gasteiger partial charge is 0.362 e. The lowest BCUT2D eigenvalue weighted by atomic mass is 9.87. The molecule has 1 saturated heterocycles. The average Bonchev–Trinajstić information content (AvgIpc) is 3.53. The number of anilines is 2. The Morgan fingerprint density at radius 1 is 1.09 bits per heavy atom. The van der Waals surface area contributed by atoms with Gasteiger partial charge in [-0.15, -0.1) is 0 Å². The number of para-hydroxylation sites is 2. The summed E-state index contributed by atoms with van der Waals surface area (Å²) in [6.07, 6.45) is 9.96. The Labute approximate surface area is 191 Å². The number of amides is 1. The highest BCUT2D eigenvalue weighted by Gasteiger charge is 2.48. The van der Waals surface area contributed by atoms with Crippen LogP contribution >= 0.6 is 0 Å². The minimum atomic E-state index is -1.13. The van der Waals surface area contributed by atoms with E-state index >= 15 is 0 Å². The average molecular weight is 432 g/mol. The lowest BCUT2D eigenvalue weighted by molar-refractivity contribution is -0.139. The number of hydrogen-bond donors (Lipinski definition) is 1. The minimum Gasteiger partial charge on any atom is -0.362 e. The Morgan fingerprint density at radius 2 is 1.84 bits per heavy atom. The molecule has 2 aromatic rings. The number of carbonyl (C=O) groups excluding carboxylic acids is 1. The topological polar surface area (TPSA) is 44.8 Å². The Hall–Kier alpha value is -2.63. The van der Waals surface area contributed by atoms with Crippen LogP contribution in [-0.4, -0.2) is 42.6 Å². The molecule has 0 radical (unpaired) electrons. The summed E-state index contributed by atoms with van der Waals surface area (Å²) < 4.78 is 6.32. The van der Waals surface area contributed by atoms with E-state index in [-0.39, 0.29) is 11.9 Å². The van der Waals surface area contributed by atoms with Crippen molar-refractivity contribution in [3.8, 4) is 0 Å². The van der Waals surface area contributed by atoms with E-state index in [0.717, 1.165) is 36.4 Å². The standard InChI is InChI=1S/C27H33N3O2/c1-2-32-27(17-18-28-25-15-9-8-14-24(25)27)26(31)30(22-12-4-3-5-13-22)23-16-19-29(20-23)21-10-6-7-11-21/h3-5,8-9,12-15,17-18,21,23,28H,2,6-7,10-11,16,19-20H2,1H3. The van der Waals surface area contributed by atoms with Gasteiger partial charge in [0, 0.05) is 48.9 Å². The zero-order chi connectivity index (χ0) is 22.0. The van der Waals surface area contributed by atoms with Gasteiger partial charge in [-0.05, 0) is 50.5 Å². The molecule has 0 aromatic heterocycles. The highest BCUT2D eigenvalue weighted by molar-refractivity contribution is 6.03. The monoisotopic (exact) mass is 431 g/mol. The van der Waals surface area contributed by atoms with Crippen LogP contribution in [0.25, 0.3) is 0 Å². The van der Waals surface area contributed by atoms with Crippen LogP contribution < -0.4 is 10.2 Å². The highest BCUT2D eigenvalue weighted by atomic mass is 16.5.